The molecule has 2 aromatic carbocycles. The average Bonchev–Trinajstić information content (AvgIpc) is 3.32. The number of hydrogen-bond acceptors (Lipinski definition) is 6. The fourth-order valence-electron chi connectivity index (χ4n) is 5.85. The highest BCUT2D eigenvalue weighted by Gasteiger charge is 2.36. The summed E-state index contributed by atoms with van der Waals surface area (Å²) in [5.41, 5.74) is 9.61. The van der Waals surface area contributed by atoms with E-state index in [1.807, 2.05) is 36.2 Å². The Balaban J connectivity index is 1.43. The third-order valence-corrected chi connectivity index (χ3v) is 7.78. The molecule has 0 saturated carbocycles. The van der Waals surface area contributed by atoms with Crippen molar-refractivity contribution >= 4 is 28.3 Å². The van der Waals surface area contributed by atoms with Crippen molar-refractivity contribution in [2.75, 3.05) is 49.1 Å². The number of halogens is 3. The van der Waals surface area contributed by atoms with Crippen LogP contribution >= 0.6 is 0 Å². The number of carbonyl (C=O) groups excluding carboxylic acids is 1. The van der Waals surface area contributed by atoms with E-state index in [0.29, 0.717) is 45.0 Å². The van der Waals surface area contributed by atoms with Crippen LogP contribution in [0.2, 0.25) is 0 Å². The molecule has 208 valence electrons. The summed E-state index contributed by atoms with van der Waals surface area (Å²) in [4.78, 5) is 30.7. The summed E-state index contributed by atoms with van der Waals surface area (Å²) in [5.74, 6) is 0.966. The molecule has 1 fully saturated rings. The summed E-state index contributed by atoms with van der Waals surface area (Å²) in [6.07, 6.45) is -2.00. The van der Waals surface area contributed by atoms with Crippen molar-refractivity contribution in [2.45, 2.75) is 26.1 Å². The Hall–Kier alpha value is -4.12. The molecule has 4 heterocycles. The van der Waals surface area contributed by atoms with Crippen molar-refractivity contribution < 1.29 is 18.0 Å². The van der Waals surface area contributed by atoms with Gasteiger partial charge in [0, 0.05) is 79.6 Å². The first-order valence-corrected chi connectivity index (χ1v) is 13.3. The number of aryl methyl sites for hydroxylation is 1. The van der Waals surface area contributed by atoms with Crippen molar-refractivity contribution in [3.05, 3.63) is 71.0 Å². The second kappa shape index (κ2) is 10.1. The fraction of sp³-hybridized carbons (Fsp3) is 0.345. The maximum atomic E-state index is 13.9. The Morgan fingerprint density at radius 3 is 2.52 bits per heavy atom. The number of primary amides is 1. The zero-order valence-corrected chi connectivity index (χ0v) is 22.1. The second-order valence-corrected chi connectivity index (χ2v) is 10.4. The van der Waals surface area contributed by atoms with Crippen molar-refractivity contribution in [3.8, 4) is 11.4 Å². The molecule has 0 unspecified atom stereocenters. The maximum absolute atomic E-state index is 13.9. The predicted molar refractivity (Wildman–Crippen MR) is 148 cm³/mol. The summed E-state index contributed by atoms with van der Waals surface area (Å²) in [7, 11) is 0. The number of piperazine rings is 1. The summed E-state index contributed by atoms with van der Waals surface area (Å²) in [5, 5.41) is 1.05. The first-order valence-electron chi connectivity index (χ1n) is 13.3. The highest BCUT2D eigenvalue weighted by molar-refractivity contribution is 5.96. The molecule has 0 aliphatic carbocycles. The Bertz CT molecular complexity index is 1570. The third kappa shape index (κ3) is 4.85. The molecule has 40 heavy (non-hydrogen) atoms. The number of H-pyrrole nitrogens is 1. The number of alkyl halides is 3. The number of anilines is 2. The first-order chi connectivity index (χ1) is 19.2. The molecule has 2 aliphatic heterocycles. The van der Waals surface area contributed by atoms with Crippen molar-refractivity contribution in [2.24, 2.45) is 5.73 Å². The highest BCUT2D eigenvalue weighted by atomic mass is 19.4. The number of rotatable bonds is 5. The number of amides is 1. The van der Waals surface area contributed by atoms with Gasteiger partial charge in [-0.25, -0.2) is 9.97 Å². The van der Waals surface area contributed by atoms with E-state index < -0.39 is 11.7 Å². The van der Waals surface area contributed by atoms with Crippen LogP contribution in [-0.2, 0) is 23.9 Å². The number of aromatic nitrogens is 3. The summed E-state index contributed by atoms with van der Waals surface area (Å²) < 4.78 is 41.6. The lowest BCUT2D eigenvalue weighted by molar-refractivity contribution is -0.137. The smallest absolute Gasteiger partial charge is 0.369 e. The van der Waals surface area contributed by atoms with Gasteiger partial charge in [-0.05, 0) is 30.7 Å². The number of fused-ring (bicyclic) bond motifs is 2. The number of nitrogens with one attached hydrogen (secondary N) is 1. The van der Waals surface area contributed by atoms with E-state index in [2.05, 4.69) is 9.88 Å². The number of para-hydroxylation sites is 1. The largest absolute Gasteiger partial charge is 0.418 e. The van der Waals surface area contributed by atoms with Crippen molar-refractivity contribution in [3.63, 3.8) is 0 Å². The number of hydrogen-bond donors (Lipinski definition) is 2. The minimum absolute atomic E-state index is 0.162. The molecule has 2 aliphatic rings. The second-order valence-electron chi connectivity index (χ2n) is 10.4. The van der Waals surface area contributed by atoms with E-state index in [1.165, 1.54) is 12.1 Å². The molecular weight excluding hydrogens is 519 g/mol. The zero-order chi connectivity index (χ0) is 28.0. The van der Waals surface area contributed by atoms with Crippen molar-refractivity contribution in [1.82, 2.24) is 19.9 Å². The van der Waals surface area contributed by atoms with Gasteiger partial charge < -0.3 is 20.5 Å². The molecule has 6 rings (SSSR count). The van der Waals surface area contributed by atoms with Gasteiger partial charge in [-0.2, -0.15) is 13.2 Å². The SMILES string of the molecule is Cc1c[nH]c2cccc(-c3nc4c(c(N5CCN(CC(N)=O)CC5)n3)CN(c3ccccc3C(F)(F)F)CC4)c12. The number of benzene rings is 2. The number of nitrogens with two attached hydrogens (primary N) is 1. The topological polar surface area (TPSA) is 94.4 Å². The van der Waals surface area contributed by atoms with Crippen LogP contribution in [0.4, 0.5) is 24.7 Å². The van der Waals surface area contributed by atoms with Crippen LogP contribution in [0.25, 0.3) is 22.3 Å². The zero-order valence-electron chi connectivity index (χ0n) is 22.1. The molecular formula is C29H30F3N7O. The van der Waals surface area contributed by atoms with Gasteiger partial charge in [0.15, 0.2) is 5.82 Å². The van der Waals surface area contributed by atoms with Crippen LogP contribution in [0.5, 0.6) is 0 Å². The quantitative estimate of drug-likeness (QED) is 0.389. The molecule has 2 aromatic heterocycles. The van der Waals surface area contributed by atoms with Crippen LogP contribution in [0.3, 0.4) is 0 Å². The summed E-state index contributed by atoms with van der Waals surface area (Å²) >= 11 is 0. The lowest BCUT2D eigenvalue weighted by Gasteiger charge is -2.38. The summed E-state index contributed by atoms with van der Waals surface area (Å²) in [6.45, 7) is 5.40. The Morgan fingerprint density at radius 2 is 1.77 bits per heavy atom. The Kier molecular flexibility index (Phi) is 6.61. The van der Waals surface area contributed by atoms with Gasteiger partial charge in [-0.15, -0.1) is 0 Å². The molecule has 0 bridgehead atoms. The maximum Gasteiger partial charge on any atom is 0.418 e. The van der Waals surface area contributed by atoms with Gasteiger partial charge in [0.05, 0.1) is 17.8 Å². The molecule has 1 amide bonds. The standard InChI is InChI=1S/C29H30F3N7O/c1-18-15-34-23-7-4-5-19(26(18)23)27-35-22-9-10-39(24-8-3-2-6-21(24)29(30,31)32)16-20(22)28(36-27)38-13-11-37(12-14-38)17-25(33)40/h2-8,15,34H,9-14,16-17H2,1H3,(H2,33,40). The number of carbonyl (C=O) groups is 1. The predicted octanol–water partition coefficient (Wildman–Crippen LogP) is 4.12. The van der Waals surface area contributed by atoms with E-state index >= 15 is 0 Å². The van der Waals surface area contributed by atoms with Crippen LogP contribution in [-0.4, -0.2) is 65.0 Å². The van der Waals surface area contributed by atoms with Gasteiger partial charge in [0.2, 0.25) is 5.91 Å². The van der Waals surface area contributed by atoms with Crippen LogP contribution < -0.4 is 15.5 Å². The minimum Gasteiger partial charge on any atom is -0.369 e. The molecule has 1 saturated heterocycles. The molecule has 11 heteroatoms. The normalized spacial score (nSPS) is 16.4. The van der Waals surface area contributed by atoms with Gasteiger partial charge in [0.1, 0.15) is 5.82 Å². The first kappa shape index (κ1) is 26.1. The molecule has 3 N–H and O–H groups in total. The highest BCUT2D eigenvalue weighted by Crippen LogP contribution is 2.40. The Labute approximate surface area is 229 Å². The number of nitrogens with zero attached hydrogens (tertiary/aromatic N) is 5. The number of aromatic amines is 1. The Morgan fingerprint density at radius 1 is 1.00 bits per heavy atom. The molecule has 0 spiro atoms. The van der Waals surface area contributed by atoms with Gasteiger partial charge in [0.25, 0.3) is 0 Å². The van der Waals surface area contributed by atoms with Crippen LogP contribution in [0.15, 0.2) is 48.7 Å². The lowest BCUT2D eigenvalue weighted by Crippen LogP contribution is -2.49. The van der Waals surface area contributed by atoms with E-state index in [9.17, 15) is 18.0 Å². The van der Waals surface area contributed by atoms with Gasteiger partial charge in [-0.3, -0.25) is 9.69 Å². The monoisotopic (exact) mass is 549 g/mol. The van der Waals surface area contributed by atoms with E-state index in [-0.39, 0.29) is 24.7 Å². The van der Waals surface area contributed by atoms with E-state index in [4.69, 9.17) is 15.7 Å². The van der Waals surface area contributed by atoms with Gasteiger partial charge in [-0.1, -0.05) is 24.3 Å². The fourth-order valence-corrected chi connectivity index (χ4v) is 5.85. The van der Waals surface area contributed by atoms with Gasteiger partial charge >= 0.3 is 6.18 Å². The third-order valence-electron chi connectivity index (χ3n) is 7.78. The molecule has 4 aromatic rings. The molecule has 8 nitrogen and oxygen atoms in total. The lowest BCUT2D eigenvalue weighted by atomic mass is 10.0. The average molecular weight is 550 g/mol. The minimum atomic E-state index is -4.45. The van der Waals surface area contributed by atoms with Crippen LogP contribution in [0, 0.1) is 6.92 Å². The summed E-state index contributed by atoms with van der Waals surface area (Å²) in [6, 6.07) is 11.7. The van der Waals surface area contributed by atoms with Crippen LogP contribution in [0.1, 0.15) is 22.4 Å². The van der Waals surface area contributed by atoms with E-state index in [1.54, 1.807) is 11.0 Å². The van der Waals surface area contributed by atoms with Crippen molar-refractivity contribution in [1.29, 1.82) is 0 Å². The molecule has 0 atom stereocenters. The van der Waals surface area contributed by atoms with E-state index in [0.717, 1.165) is 45.2 Å². The molecule has 0 radical (unpaired) electrons.